The summed E-state index contributed by atoms with van der Waals surface area (Å²) in [6.07, 6.45) is 0.191. The lowest BCUT2D eigenvalue weighted by molar-refractivity contribution is -0.384. The third kappa shape index (κ3) is 2.98. The van der Waals surface area contributed by atoms with Crippen LogP contribution in [0.3, 0.4) is 0 Å². The smallest absolute Gasteiger partial charge is 0.293 e. The molecule has 1 saturated heterocycles. The summed E-state index contributed by atoms with van der Waals surface area (Å²) in [7, 11) is 0. The van der Waals surface area contributed by atoms with Crippen molar-refractivity contribution in [2.75, 3.05) is 18.4 Å². The van der Waals surface area contributed by atoms with E-state index in [1.165, 1.54) is 6.07 Å². The van der Waals surface area contributed by atoms with Gasteiger partial charge in [-0.2, -0.15) is 0 Å². The number of hydrogen-bond donors (Lipinski definition) is 3. The van der Waals surface area contributed by atoms with Crippen molar-refractivity contribution in [1.29, 1.82) is 0 Å². The van der Waals surface area contributed by atoms with Crippen LogP contribution in [0.2, 0.25) is 0 Å². The molecule has 1 aromatic carbocycles. The van der Waals surface area contributed by atoms with E-state index in [2.05, 4.69) is 26.6 Å². The Morgan fingerprint density at radius 1 is 1.56 bits per heavy atom. The number of aliphatic hydroxyl groups is 1. The molecule has 1 aliphatic rings. The fourth-order valence-corrected chi connectivity index (χ4v) is 2.34. The Kier molecular flexibility index (Phi) is 4.15. The SMILES string of the molecule is O=[N+]([O-])c1cc(Br)ccc1N[C@H]1CCNC[C@@H]1O. The Labute approximate surface area is 113 Å². The highest BCUT2D eigenvalue weighted by Crippen LogP contribution is 2.29. The zero-order valence-corrected chi connectivity index (χ0v) is 11.2. The summed E-state index contributed by atoms with van der Waals surface area (Å²) in [5.74, 6) is 0. The summed E-state index contributed by atoms with van der Waals surface area (Å²) in [6.45, 7) is 1.29. The molecule has 1 aromatic rings. The van der Waals surface area contributed by atoms with Gasteiger partial charge in [0.2, 0.25) is 0 Å². The number of nitrogens with zero attached hydrogens (tertiary/aromatic N) is 1. The second-order valence-corrected chi connectivity index (χ2v) is 5.15. The molecule has 2 atom stereocenters. The zero-order valence-electron chi connectivity index (χ0n) is 9.60. The van der Waals surface area contributed by atoms with Crippen molar-refractivity contribution in [3.8, 4) is 0 Å². The van der Waals surface area contributed by atoms with Gasteiger partial charge in [-0.3, -0.25) is 10.1 Å². The molecule has 1 fully saturated rings. The summed E-state index contributed by atoms with van der Waals surface area (Å²) in [5.41, 5.74) is 0.448. The van der Waals surface area contributed by atoms with Gasteiger partial charge >= 0.3 is 0 Å². The van der Waals surface area contributed by atoms with Gasteiger partial charge in [0.25, 0.3) is 5.69 Å². The van der Waals surface area contributed by atoms with Gasteiger partial charge in [-0.15, -0.1) is 0 Å². The van der Waals surface area contributed by atoms with Crippen LogP contribution < -0.4 is 10.6 Å². The lowest BCUT2D eigenvalue weighted by Crippen LogP contribution is -2.47. The monoisotopic (exact) mass is 315 g/mol. The van der Waals surface area contributed by atoms with E-state index in [1.54, 1.807) is 12.1 Å². The highest BCUT2D eigenvalue weighted by molar-refractivity contribution is 9.10. The van der Waals surface area contributed by atoms with Crippen molar-refractivity contribution in [3.05, 3.63) is 32.8 Å². The third-order valence-corrected chi connectivity index (χ3v) is 3.44. The Morgan fingerprint density at radius 3 is 3.00 bits per heavy atom. The van der Waals surface area contributed by atoms with E-state index < -0.39 is 11.0 Å². The molecule has 0 amide bonds. The molecule has 0 aromatic heterocycles. The second kappa shape index (κ2) is 5.64. The average molecular weight is 316 g/mol. The number of nitrogens with one attached hydrogen (secondary N) is 2. The van der Waals surface area contributed by atoms with Crippen LogP contribution in [-0.2, 0) is 0 Å². The molecule has 7 heteroatoms. The second-order valence-electron chi connectivity index (χ2n) is 4.23. The van der Waals surface area contributed by atoms with Gasteiger partial charge in [0.15, 0.2) is 0 Å². The molecule has 2 rings (SSSR count). The first-order valence-electron chi connectivity index (χ1n) is 5.67. The number of piperidine rings is 1. The summed E-state index contributed by atoms with van der Waals surface area (Å²) >= 11 is 3.21. The van der Waals surface area contributed by atoms with E-state index in [1.807, 2.05) is 0 Å². The van der Waals surface area contributed by atoms with E-state index in [-0.39, 0.29) is 11.7 Å². The van der Waals surface area contributed by atoms with Crippen LogP contribution in [0.4, 0.5) is 11.4 Å². The van der Waals surface area contributed by atoms with Crippen LogP contribution >= 0.6 is 15.9 Å². The van der Waals surface area contributed by atoms with Gasteiger partial charge in [-0.05, 0) is 25.1 Å². The fourth-order valence-electron chi connectivity index (χ4n) is 1.99. The molecule has 98 valence electrons. The van der Waals surface area contributed by atoms with Crippen molar-refractivity contribution >= 4 is 27.3 Å². The largest absolute Gasteiger partial charge is 0.390 e. The first-order chi connectivity index (χ1) is 8.58. The van der Waals surface area contributed by atoms with Crippen molar-refractivity contribution < 1.29 is 10.0 Å². The van der Waals surface area contributed by atoms with Crippen LogP contribution in [0.1, 0.15) is 6.42 Å². The number of rotatable bonds is 3. The highest BCUT2D eigenvalue weighted by Gasteiger charge is 2.25. The number of nitro groups is 1. The maximum absolute atomic E-state index is 11.0. The molecule has 1 heterocycles. The van der Waals surface area contributed by atoms with Gasteiger partial charge in [-0.25, -0.2) is 0 Å². The van der Waals surface area contributed by atoms with E-state index in [0.717, 1.165) is 13.0 Å². The lowest BCUT2D eigenvalue weighted by Gasteiger charge is -2.29. The minimum Gasteiger partial charge on any atom is -0.390 e. The van der Waals surface area contributed by atoms with Gasteiger partial charge < -0.3 is 15.7 Å². The molecular weight excluding hydrogens is 302 g/mol. The topological polar surface area (TPSA) is 87.4 Å². The molecule has 6 nitrogen and oxygen atoms in total. The first-order valence-corrected chi connectivity index (χ1v) is 6.46. The molecule has 0 saturated carbocycles. The van der Waals surface area contributed by atoms with Crippen LogP contribution in [0.15, 0.2) is 22.7 Å². The maximum Gasteiger partial charge on any atom is 0.293 e. The molecule has 1 aliphatic heterocycles. The molecule has 0 bridgehead atoms. The molecular formula is C11H14BrN3O3. The van der Waals surface area contributed by atoms with Crippen LogP contribution in [-0.4, -0.2) is 35.3 Å². The third-order valence-electron chi connectivity index (χ3n) is 2.95. The molecule has 3 N–H and O–H groups in total. The van der Waals surface area contributed by atoms with E-state index in [4.69, 9.17) is 0 Å². The number of benzene rings is 1. The number of β-amino-alcohol motifs (C(OH)–C–C–N with tert-alkyl or cyclic N) is 1. The Morgan fingerprint density at radius 2 is 2.33 bits per heavy atom. The van der Waals surface area contributed by atoms with Gasteiger partial charge in [0.05, 0.1) is 17.1 Å². The Hall–Kier alpha value is -1.18. The normalized spacial score (nSPS) is 23.7. The first kappa shape index (κ1) is 13.3. The van der Waals surface area contributed by atoms with Crippen molar-refractivity contribution in [2.24, 2.45) is 0 Å². The number of aliphatic hydroxyl groups excluding tert-OH is 1. The zero-order chi connectivity index (χ0) is 13.1. The molecule has 0 aliphatic carbocycles. The lowest BCUT2D eigenvalue weighted by atomic mass is 10.0. The van der Waals surface area contributed by atoms with Crippen molar-refractivity contribution in [3.63, 3.8) is 0 Å². The highest BCUT2D eigenvalue weighted by atomic mass is 79.9. The molecule has 0 radical (unpaired) electrons. The van der Waals surface area contributed by atoms with E-state index in [0.29, 0.717) is 16.7 Å². The quantitative estimate of drug-likeness (QED) is 0.581. The summed E-state index contributed by atoms with van der Waals surface area (Å²) in [4.78, 5) is 10.5. The summed E-state index contributed by atoms with van der Waals surface area (Å²) < 4.78 is 0.658. The molecule has 0 spiro atoms. The van der Waals surface area contributed by atoms with Crippen molar-refractivity contribution in [2.45, 2.75) is 18.6 Å². The minimum absolute atomic E-state index is 0.00936. The van der Waals surface area contributed by atoms with E-state index >= 15 is 0 Å². The fraction of sp³-hybridized carbons (Fsp3) is 0.455. The number of halogens is 1. The summed E-state index contributed by atoms with van der Waals surface area (Å²) in [5, 5.41) is 26.9. The van der Waals surface area contributed by atoms with Crippen LogP contribution in [0, 0.1) is 10.1 Å². The van der Waals surface area contributed by atoms with Crippen molar-refractivity contribution in [1.82, 2.24) is 5.32 Å². The van der Waals surface area contributed by atoms with Gasteiger partial charge in [-0.1, -0.05) is 15.9 Å². The van der Waals surface area contributed by atoms with Gasteiger partial charge in [0, 0.05) is 17.1 Å². The van der Waals surface area contributed by atoms with Crippen LogP contribution in [0.25, 0.3) is 0 Å². The minimum atomic E-state index is -0.540. The number of hydrogen-bond acceptors (Lipinski definition) is 5. The Bertz CT molecular complexity index is 455. The average Bonchev–Trinajstić information content (AvgIpc) is 2.34. The number of anilines is 1. The standard InChI is InChI=1S/C11H14BrN3O3/c12-7-1-2-8(10(5-7)15(17)18)14-9-3-4-13-6-11(9)16/h1-2,5,9,11,13-14,16H,3-4,6H2/t9-,11-/m0/s1. The summed E-state index contributed by atoms with van der Waals surface area (Å²) in [6, 6.07) is 4.68. The number of nitro benzene ring substituents is 1. The predicted molar refractivity (Wildman–Crippen MR) is 71.7 cm³/mol. The maximum atomic E-state index is 11.0. The van der Waals surface area contributed by atoms with Gasteiger partial charge in [0.1, 0.15) is 5.69 Å². The Balaban J connectivity index is 2.20. The predicted octanol–water partition coefficient (Wildman–Crippen LogP) is 1.49. The molecule has 0 unspecified atom stereocenters. The molecule has 18 heavy (non-hydrogen) atoms. The van der Waals surface area contributed by atoms with E-state index in [9.17, 15) is 15.2 Å². The van der Waals surface area contributed by atoms with Crippen LogP contribution in [0.5, 0.6) is 0 Å².